The first kappa shape index (κ1) is 8.84. The van der Waals surface area contributed by atoms with Crippen LogP contribution in [-0.4, -0.2) is 4.57 Å². The summed E-state index contributed by atoms with van der Waals surface area (Å²) < 4.78 is 1.56. The Balaban J connectivity index is 3.50. The topological polar surface area (TPSA) is 48.0 Å². The van der Waals surface area contributed by atoms with Gasteiger partial charge < -0.3 is 10.3 Å². The van der Waals surface area contributed by atoms with Crippen LogP contribution >= 0.6 is 0 Å². The number of nitrogens with two attached hydrogens (primary N) is 1. The summed E-state index contributed by atoms with van der Waals surface area (Å²) in [6.07, 6.45) is 0.808. The number of hydrogen-bond acceptors (Lipinski definition) is 2. The van der Waals surface area contributed by atoms with Crippen molar-refractivity contribution >= 4 is 5.69 Å². The van der Waals surface area contributed by atoms with E-state index in [4.69, 9.17) is 5.73 Å². The van der Waals surface area contributed by atoms with Crippen LogP contribution in [0.2, 0.25) is 0 Å². The number of anilines is 1. The summed E-state index contributed by atoms with van der Waals surface area (Å²) in [7, 11) is 1.73. The van der Waals surface area contributed by atoms with Crippen molar-refractivity contribution in [2.45, 2.75) is 20.3 Å². The minimum absolute atomic E-state index is 0.0909. The third-order valence-corrected chi connectivity index (χ3v) is 2.17. The molecule has 1 aromatic rings. The van der Waals surface area contributed by atoms with Gasteiger partial charge in [-0.3, -0.25) is 4.79 Å². The Labute approximate surface area is 71.8 Å². The quantitative estimate of drug-likeness (QED) is 0.672. The molecular formula is C9H14N2O. The van der Waals surface area contributed by atoms with Crippen molar-refractivity contribution in [2.75, 3.05) is 5.73 Å². The SMILES string of the molecule is CCc1cc(C)n(C)c(=O)c1N. The highest BCUT2D eigenvalue weighted by atomic mass is 16.1. The summed E-state index contributed by atoms with van der Waals surface area (Å²) in [6, 6.07) is 1.96. The molecule has 12 heavy (non-hydrogen) atoms. The van der Waals surface area contributed by atoms with Gasteiger partial charge in [0.25, 0.3) is 5.56 Å². The molecule has 0 saturated heterocycles. The van der Waals surface area contributed by atoms with Gasteiger partial charge in [0.15, 0.2) is 0 Å². The van der Waals surface area contributed by atoms with Crippen LogP contribution in [0.4, 0.5) is 5.69 Å². The fourth-order valence-corrected chi connectivity index (χ4v) is 1.20. The molecule has 1 aromatic heterocycles. The zero-order valence-electron chi connectivity index (χ0n) is 7.72. The number of pyridine rings is 1. The van der Waals surface area contributed by atoms with Crippen molar-refractivity contribution in [3.05, 3.63) is 27.7 Å². The third kappa shape index (κ3) is 1.22. The Morgan fingerprint density at radius 2 is 2.17 bits per heavy atom. The van der Waals surface area contributed by atoms with Gasteiger partial charge in [-0.1, -0.05) is 6.92 Å². The van der Waals surface area contributed by atoms with E-state index in [9.17, 15) is 4.79 Å². The maximum Gasteiger partial charge on any atom is 0.273 e. The van der Waals surface area contributed by atoms with Gasteiger partial charge in [0.2, 0.25) is 0 Å². The van der Waals surface area contributed by atoms with Gasteiger partial charge in [0.05, 0.1) is 0 Å². The van der Waals surface area contributed by atoms with Crippen LogP contribution in [0, 0.1) is 6.92 Å². The lowest BCUT2D eigenvalue weighted by atomic mass is 10.1. The number of rotatable bonds is 1. The fraction of sp³-hybridized carbons (Fsp3) is 0.444. The molecule has 0 fully saturated rings. The molecule has 0 aliphatic heterocycles. The summed E-state index contributed by atoms with van der Waals surface area (Å²) in [4.78, 5) is 11.4. The molecule has 0 spiro atoms. The van der Waals surface area contributed by atoms with Crippen molar-refractivity contribution in [3.63, 3.8) is 0 Å². The first-order chi connectivity index (χ1) is 5.57. The van der Waals surface area contributed by atoms with Crippen LogP contribution < -0.4 is 11.3 Å². The molecule has 0 bridgehead atoms. The molecule has 1 heterocycles. The highest BCUT2D eigenvalue weighted by Crippen LogP contribution is 2.08. The van der Waals surface area contributed by atoms with Crippen molar-refractivity contribution in [3.8, 4) is 0 Å². The lowest BCUT2D eigenvalue weighted by Gasteiger charge is -2.08. The highest BCUT2D eigenvalue weighted by molar-refractivity contribution is 5.45. The average Bonchev–Trinajstić information content (AvgIpc) is 2.08. The molecule has 0 aliphatic carbocycles. The third-order valence-electron chi connectivity index (χ3n) is 2.17. The van der Waals surface area contributed by atoms with Gasteiger partial charge in [0, 0.05) is 12.7 Å². The number of hydrogen-bond donors (Lipinski definition) is 1. The molecule has 3 nitrogen and oxygen atoms in total. The standard InChI is InChI=1S/C9H14N2O/c1-4-7-5-6(2)11(3)9(12)8(7)10/h5H,4,10H2,1-3H3. The molecule has 0 saturated carbocycles. The van der Waals surface area contributed by atoms with E-state index in [1.165, 1.54) is 0 Å². The van der Waals surface area contributed by atoms with Crippen molar-refractivity contribution in [2.24, 2.45) is 7.05 Å². The molecule has 1 rings (SSSR count). The molecule has 0 atom stereocenters. The molecule has 0 aliphatic rings. The van der Waals surface area contributed by atoms with Crippen LogP contribution in [0.5, 0.6) is 0 Å². The zero-order chi connectivity index (χ0) is 9.30. The van der Waals surface area contributed by atoms with Gasteiger partial charge >= 0.3 is 0 Å². The average molecular weight is 166 g/mol. The zero-order valence-corrected chi connectivity index (χ0v) is 7.72. The summed E-state index contributed by atoms with van der Waals surface area (Å²) in [5.41, 5.74) is 7.81. The maximum absolute atomic E-state index is 11.4. The van der Waals surface area contributed by atoms with E-state index in [1.807, 2.05) is 19.9 Å². The Morgan fingerprint density at radius 3 is 2.67 bits per heavy atom. The predicted molar refractivity (Wildman–Crippen MR) is 50.2 cm³/mol. The smallest absolute Gasteiger partial charge is 0.273 e. The highest BCUT2D eigenvalue weighted by Gasteiger charge is 2.04. The molecule has 0 amide bonds. The van der Waals surface area contributed by atoms with Crippen molar-refractivity contribution in [1.29, 1.82) is 0 Å². The van der Waals surface area contributed by atoms with Crippen LogP contribution in [-0.2, 0) is 13.5 Å². The van der Waals surface area contributed by atoms with Gasteiger partial charge in [-0.2, -0.15) is 0 Å². The monoisotopic (exact) mass is 166 g/mol. The summed E-state index contributed by atoms with van der Waals surface area (Å²) in [6.45, 7) is 3.89. The molecule has 0 aromatic carbocycles. The number of nitrogen functional groups attached to an aromatic ring is 1. The summed E-state index contributed by atoms with van der Waals surface area (Å²) in [5.74, 6) is 0. The van der Waals surface area contributed by atoms with Crippen LogP contribution in [0.3, 0.4) is 0 Å². The lowest BCUT2D eigenvalue weighted by Crippen LogP contribution is -2.23. The van der Waals surface area contributed by atoms with E-state index in [0.29, 0.717) is 5.69 Å². The Morgan fingerprint density at radius 1 is 1.58 bits per heavy atom. The van der Waals surface area contributed by atoms with Gasteiger partial charge in [0.1, 0.15) is 5.69 Å². The van der Waals surface area contributed by atoms with Crippen LogP contribution in [0.15, 0.2) is 10.9 Å². The Kier molecular flexibility index (Phi) is 2.22. The van der Waals surface area contributed by atoms with Crippen molar-refractivity contribution in [1.82, 2.24) is 4.57 Å². The second-order valence-electron chi connectivity index (χ2n) is 2.94. The van der Waals surface area contributed by atoms with E-state index in [2.05, 4.69) is 0 Å². The summed E-state index contributed by atoms with van der Waals surface area (Å²) in [5, 5.41) is 0. The van der Waals surface area contributed by atoms with Crippen LogP contribution in [0.25, 0.3) is 0 Å². The first-order valence-corrected chi connectivity index (χ1v) is 4.03. The first-order valence-electron chi connectivity index (χ1n) is 4.03. The largest absolute Gasteiger partial charge is 0.394 e. The summed E-state index contributed by atoms with van der Waals surface area (Å²) >= 11 is 0. The van der Waals surface area contributed by atoms with E-state index in [-0.39, 0.29) is 5.56 Å². The van der Waals surface area contributed by atoms with Gasteiger partial charge in [-0.05, 0) is 25.0 Å². The minimum atomic E-state index is -0.0909. The second kappa shape index (κ2) is 3.01. The second-order valence-corrected chi connectivity index (χ2v) is 2.94. The Bertz CT molecular complexity index is 352. The van der Waals surface area contributed by atoms with Gasteiger partial charge in [-0.25, -0.2) is 0 Å². The molecule has 0 radical (unpaired) electrons. The minimum Gasteiger partial charge on any atom is -0.394 e. The maximum atomic E-state index is 11.4. The number of aromatic nitrogens is 1. The Hall–Kier alpha value is -1.25. The lowest BCUT2D eigenvalue weighted by molar-refractivity contribution is 0.814. The van der Waals surface area contributed by atoms with Gasteiger partial charge in [-0.15, -0.1) is 0 Å². The van der Waals surface area contributed by atoms with E-state index in [0.717, 1.165) is 17.7 Å². The number of aryl methyl sites for hydroxylation is 2. The van der Waals surface area contributed by atoms with E-state index < -0.39 is 0 Å². The van der Waals surface area contributed by atoms with E-state index in [1.54, 1.807) is 11.6 Å². The van der Waals surface area contributed by atoms with Crippen molar-refractivity contribution < 1.29 is 0 Å². The molecular weight excluding hydrogens is 152 g/mol. The fourth-order valence-electron chi connectivity index (χ4n) is 1.20. The normalized spacial score (nSPS) is 10.2. The molecule has 3 heteroatoms. The molecule has 0 unspecified atom stereocenters. The molecule has 66 valence electrons. The molecule has 2 N–H and O–H groups in total. The number of nitrogens with zero attached hydrogens (tertiary/aromatic N) is 1. The van der Waals surface area contributed by atoms with E-state index >= 15 is 0 Å². The van der Waals surface area contributed by atoms with Crippen LogP contribution in [0.1, 0.15) is 18.2 Å². The predicted octanol–water partition coefficient (Wildman–Crippen LogP) is 0.838.